The highest BCUT2D eigenvalue weighted by Gasteiger charge is 2.30. The van der Waals surface area contributed by atoms with Gasteiger partial charge < -0.3 is 43.3 Å². The smallest absolute Gasteiger partial charge is 0.302 e. The number of carbonyl (C=O) groups excluding carboxylic acids is 2. The maximum atomic E-state index is 12.7. The number of hydrogen-bond acceptors (Lipinski definition) is 5. The number of ether oxygens (including phenoxy) is 2. The standard InChI is InChI=1S/C33H34N3O4.HI/c1-22(37)40-16-6-7-24-20-27-26-19-23(11-13-31(38)36-14-17-39-18-15-36)10-12-29(26)35(3)33-25-8-4-5-9-28(25)34(2)30(21-24)32(27)33;/h4-5,8-13,19-21H,6-7,14-18H2,1-3H3;1H/q+1;/p-1. The van der Waals surface area contributed by atoms with E-state index in [0.29, 0.717) is 32.9 Å². The Morgan fingerprint density at radius 2 is 1.80 bits per heavy atom. The topological polar surface area (TPSA) is 63.0 Å². The molecule has 212 valence electrons. The van der Waals surface area contributed by atoms with Crippen molar-refractivity contribution in [2.75, 3.05) is 44.9 Å². The molecule has 0 radical (unpaired) electrons. The van der Waals surface area contributed by atoms with Gasteiger partial charge in [-0.3, -0.25) is 9.59 Å². The first-order valence-corrected chi connectivity index (χ1v) is 13.9. The Balaban J connectivity index is 0.00000337. The van der Waals surface area contributed by atoms with Gasteiger partial charge in [0.05, 0.1) is 36.3 Å². The molecule has 1 fully saturated rings. The molecule has 0 saturated carbocycles. The van der Waals surface area contributed by atoms with Crippen LogP contribution in [0.25, 0.3) is 39.0 Å². The van der Waals surface area contributed by atoms with Crippen LogP contribution in [0.4, 0.5) is 11.4 Å². The van der Waals surface area contributed by atoms with Crippen LogP contribution in [0.15, 0.2) is 60.7 Å². The maximum absolute atomic E-state index is 12.7. The lowest BCUT2D eigenvalue weighted by Gasteiger charge is -2.31. The Labute approximate surface area is 257 Å². The summed E-state index contributed by atoms with van der Waals surface area (Å²) < 4.78 is 12.9. The first-order valence-electron chi connectivity index (χ1n) is 13.9. The van der Waals surface area contributed by atoms with Gasteiger partial charge >= 0.3 is 5.97 Å². The highest BCUT2D eigenvalue weighted by atomic mass is 127. The summed E-state index contributed by atoms with van der Waals surface area (Å²) in [5, 5.41) is 2.42. The van der Waals surface area contributed by atoms with Gasteiger partial charge in [-0.25, -0.2) is 0 Å². The first-order chi connectivity index (χ1) is 19.4. The van der Waals surface area contributed by atoms with Crippen molar-refractivity contribution in [1.82, 2.24) is 4.90 Å². The molecular weight excluding hydrogens is 629 g/mol. The van der Waals surface area contributed by atoms with Crippen LogP contribution in [-0.4, -0.2) is 56.7 Å². The van der Waals surface area contributed by atoms with E-state index in [1.54, 1.807) is 6.08 Å². The van der Waals surface area contributed by atoms with Crippen molar-refractivity contribution in [2.24, 2.45) is 7.05 Å². The van der Waals surface area contributed by atoms with Crippen molar-refractivity contribution in [3.05, 3.63) is 71.8 Å². The average Bonchev–Trinajstić information content (AvgIpc) is 2.98. The lowest BCUT2D eigenvalue weighted by atomic mass is 9.88. The number of amides is 1. The van der Waals surface area contributed by atoms with Gasteiger partial charge in [0.2, 0.25) is 16.9 Å². The van der Waals surface area contributed by atoms with Crippen molar-refractivity contribution >= 4 is 51.1 Å². The molecule has 1 saturated heterocycles. The van der Waals surface area contributed by atoms with Crippen molar-refractivity contribution in [2.45, 2.75) is 19.8 Å². The third-order valence-corrected chi connectivity index (χ3v) is 7.96. The quantitative estimate of drug-likeness (QED) is 0.0789. The van der Waals surface area contributed by atoms with E-state index in [9.17, 15) is 9.59 Å². The van der Waals surface area contributed by atoms with Crippen molar-refractivity contribution in [1.29, 1.82) is 0 Å². The molecular formula is C33H34IN3O4. The third kappa shape index (κ3) is 5.55. The molecule has 3 heterocycles. The molecule has 1 aromatic heterocycles. The summed E-state index contributed by atoms with van der Waals surface area (Å²) in [6.07, 6.45) is 5.14. The second kappa shape index (κ2) is 12.2. The Morgan fingerprint density at radius 3 is 2.59 bits per heavy atom. The Bertz CT molecular complexity index is 1680. The number of morpholine rings is 1. The van der Waals surface area contributed by atoms with E-state index < -0.39 is 0 Å². The van der Waals surface area contributed by atoms with Crippen LogP contribution in [0.3, 0.4) is 0 Å². The van der Waals surface area contributed by atoms with E-state index in [1.807, 2.05) is 11.0 Å². The molecule has 0 unspecified atom stereocenters. The molecule has 0 atom stereocenters. The van der Waals surface area contributed by atoms with Crippen LogP contribution in [0.2, 0.25) is 0 Å². The van der Waals surface area contributed by atoms with Crippen LogP contribution in [0.1, 0.15) is 24.5 Å². The van der Waals surface area contributed by atoms with Gasteiger partial charge in [-0.2, -0.15) is 4.57 Å². The number of para-hydroxylation sites is 1. The van der Waals surface area contributed by atoms with Crippen molar-refractivity contribution in [3.8, 4) is 11.1 Å². The molecule has 41 heavy (non-hydrogen) atoms. The summed E-state index contributed by atoms with van der Waals surface area (Å²) >= 11 is 0. The minimum absolute atomic E-state index is 0. The number of carbonyl (C=O) groups is 2. The Kier molecular flexibility index (Phi) is 8.60. The van der Waals surface area contributed by atoms with Gasteiger partial charge in [-0.1, -0.05) is 18.2 Å². The Hall–Kier alpha value is -3.50. The Morgan fingerprint density at radius 1 is 1.02 bits per heavy atom. The molecule has 2 aliphatic rings. The van der Waals surface area contributed by atoms with Gasteiger partial charge in [0.25, 0.3) is 0 Å². The molecule has 0 bridgehead atoms. The molecule has 6 rings (SSSR count). The monoisotopic (exact) mass is 663 g/mol. The zero-order valence-electron chi connectivity index (χ0n) is 23.7. The molecule has 0 N–H and O–H groups in total. The number of nitrogens with zero attached hydrogens (tertiary/aromatic N) is 3. The number of rotatable bonds is 6. The fraction of sp³-hybridized carbons (Fsp3) is 0.303. The number of aryl methyl sites for hydroxylation is 2. The van der Waals surface area contributed by atoms with Crippen LogP contribution in [0, 0.1) is 0 Å². The lowest BCUT2D eigenvalue weighted by molar-refractivity contribution is -0.617. The predicted molar refractivity (Wildman–Crippen MR) is 158 cm³/mol. The largest absolute Gasteiger partial charge is 1.00 e. The predicted octanol–water partition coefficient (Wildman–Crippen LogP) is 1.94. The maximum Gasteiger partial charge on any atom is 0.302 e. The minimum atomic E-state index is -0.249. The molecule has 2 aliphatic heterocycles. The van der Waals surface area contributed by atoms with E-state index >= 15 is 0 Å². The number of halogens is 1. The van der Waals surface area contributed by atoms with Crippen LogP contribution in [0.5, 0.6) is 0 Å². The molecule has 7 nitrogen and oxygen atoms in total. The van der Waals surface area contributed by atoms with E-state index in [1.165, 1.54) is 40.0 Å². The van der Waals surface area contributed by atoms with Crippen LogP contribution >= 0.6 is 0 Å². The number of fused-ring (bicyclic) bond motifs is 4. The summed E-state index contributed by atoms with van der Waals surface area (Å²) in [5.41, 5.74) is 9.16. The molecule has 8 heteroatoms. The molecule has 1 amide bonds. The summed E-state index contributed by atoms with van der Waals surface area (Å²) in [6, 6.07) is 19.5. The average molecular weight is 664 g/mol. The zero-order chi connectivity index (χ0) is 27.8. The minimum Gasteiger partial charge on any atom is -1.00 e. The highest BCUT2D eigenvalue weighted by Crippen LogP contribution is 2.49. The van der Waals surface area contributed by atoms with Gasteiger partial charge in [-0.05, 0) is 54.3 Å². The van der Waals surface area contributed by atoms with E-state index in [-0.39, 0.29) is 35.9 Å². The van der Waals surface area contributed by atoms with Crippen LogP contribution < -0.4 is 33.4 Å². The SMILES string of the molecule is CC(=O)OCCCc1cc2c3c(c4ccccc4[n+](C)c3c1)N(C)c1ccc(C=CC(=O)N3CCOCC3)cc1-2.[I-]. The van der Waals surface area contributed by atoms with E-state index in [2.05, 4.69) is 78.2 Å². The van der Waals surface area contributed by atoms with Crippen LogP contribution in [-0.2, 0) is 32.5 Å². The van der Waals surface area contributed by atoms with Gasteiger partial charge in [0, 0.05) is 62.1 Å². The third-order valence-electron chi connectivity index (χ3n) is 7.96. The van der Waals surface area contributed by atoms with E-state index in [4.69, 9.17) is 9.47 Å². The molecule has 0 aliphatic carbocycles. The fourth-order valence-corrected chi connectivity index (χ4v) is 5.97. The second-order valence-corrected chi connectivity index (χ2v) is 10.5. The van der Waals surface area contributed by atoms with Gasteiger partial charge in [-0.15, -0.1) is 0 Å². The number of hydrogen-bond donors (Lipinski definition) is 0. The molecule has 4 aromatic rings. The highest BCUT2D eigenvalue weighted by molar-refractivity contribution is 6.17. The number of pyridine rings is 1. The number of benzene rings is 3. The van der Waals surface area contributed by atoms with Gasteiger partial charge in [0.1, 0.15) is 7.05 Å². The fourth-order valence-electron chi connectivity index (χ4n) is 5.97. The first kappa shape index (κ1) is 29.0. The summed E-state index contributed by atoms with van der Waals surface area (Å²) in [4.78, 5) is 28.1. The van der Waals surface area contributed by atoms with Crippen molar-refractivity contribution < 1.29 is 47.6 Å². The zero-order valence-corrected chi connectivity index (χ0v) is 25.8. The lowest BCUT2D eigenvalue weighted by Crippen LogP contribution is -3.00. The molecule has 0 spiro atoms. The number of aromatic nitrogens is 1. The normalized spacial score (nSPS) is 14.3. The van der Waals surface area contributed by atoms with Crippen molar-refractivity contribution in [3.63, 3.8) is 0 Å². The van der Waals surface area contributed by atoms with E-state index in [0.717, 1.165) is 35.2 Å². The number of esters is 1. The summed E-state index contributed by atoms with van der Waals surface area (Å²) in [7, 11) is 4.26. The number of anilines is 2. The molecule has 3 aromatic carbocycles. The second-order valence-electron chi connectivity index (χ2n) is 10.5. The summed E-state index contributed by atoms with van der Waals surface area (Å²) in [5.74, 6) is -0.236. The summed E-state index contributed by atoms with van der Waals surface area (Å²) in [6.45, 7) is 4.28. The van der Waals surface area contributed by atoms with Gasteiger partial charge in [0.15, 0.2) is 0 Å².